The van der Waals surface area contributed by atoms with Crippen LogP contribution in [0.5, 0.6) is 0 Å². The van der Waals surface area contributed by atoms with Crippen molar-refractivity contribution >= 4 is 45.6 Å². The summed E-state index contributed by atoms with van der Waals surface area (Å²) in [7, 11) is -3.38. The van der Waals surface area contributed by atoms with Crippen molar-refractivity contribution < 1.29 is 13.5 Å². The molecule has 2 rings (SSSR count). The highest BCUT2D eigenvalue weighted by atomic mass is 127. The Hall–Kier alpha value is -1.85. The minimum Gasteiger partial charge on any atom is -0.387 e. The molecule has 0 aliphatic heterocycles. The van der Waals surface area contributed by atoms with Crippen molar-refractivity contribution in [3.8, 4) is 0 Å². The van der Waals surface area contributed by atoms with Gasteiger partial charge < -0.3 is 15.7 Å². The van der Waals surface area contributed by atoms with E-state index in [4.69, 9.17) is 0 Å². The van der Waals surface area contributed by atoms with Gasteiger partial charge in [0.05, 0.1) is 24.6 Å². The molecule has 0 fully saturated rings. The fraction of sp³-hybridized carbons (Fsp3) is 0.435. The van der Waals surface area contributed by atoms with Gasteiger partial charge in [0.2, 0.25) is 10.0 Å². The van der Waals surface area contributed by atoms with Crippen molar-refractivity contribution in [2.24, 2.45) is 4.99 Å². The van der Waals surface area contributed by atoms with Gasteiger partial charge in [-0.05, 0) is 35.1 Å². The summed E-state index contributed by atoms with van der Waals surface area (Å²) < 4.78 is 25.7. The number of hydrogen-bond donors (Lipinski definition) is 4. The first-order valence-electron chi connectivity index (χ1n) is 10.4. The number of aliphatic imine (C=N–C) groups is 1. The van der Waals surface area contributed by atoms with Gasteiger partial charge in [-0.1, -0.05) is 63.2 Å². The molecule has 7 nitrogen and oxygen atoms in total. The van der Waals surface area contributed by atoms with Crippen LogP contribution in [0.3, 0.4) is 0 Å². The summed E-state index contributed by atoms with van der Waals surface area (Å²) in [5.41, 5.74) is 3.37. The fourth-order valence-corrected chi connectivity index (χ4v) is 3.58. The summed E-state index contributed by atoms with van der Waals surface area (Å²) in [6.07, 6.45) is 0.436. The van der Waals surface area contributed by atoms with E-state index in [0.717, 1.165) is 17.4 Å². The molecule has 0 heterocycles. The first kappa shape index (κ1) is 28.2. The van der Waals surface area contributed by atoms with Crippen molar-refractivity contribution in [3.63, 3.8) is 0 Å². The average molecular weight is 575 g/mol. The molecule has 2 aromatic rings. The average Bonchev–Trinajstić information content (AvgIpc) is 2.69. The predicted octanol–water partition coefficient (Wildman–Crippen LogP) is 3.76. The number of anilines is 1. The number of sulfonamides is 1. The quantitative estimate of drug-likeness (QED) is 0.219. The highest BCUT2D eigenvalue weighted by molar-refractivity contribution is 14.0. The van der Waals surface area contributed by atoms with E-state index in [0.29, 0.717) is 24.7 Å². The van der Waals surface area contributed by atoms with Crippen LogP contribution in [0.1, 0.15) is 50.5 Å². The molecule has 0 bridgehead atoms. The smallest absolute Gasteiger partial charge is 0.229 e. The molecule has 2 aromatic carbocycles. The third-order valence-electron chi connectivity index (χ3n) is 4.69. The number of aliphatic hydroxyl groups excluding tert-OH is 1. The van der Waals surface area contributed by atoms with E-state index in [1.54, 1.807) is 12.1 Å². The molecular formula is C23H35IN4O3S. The van der Waals surface area contributed by atoms with Crippen LogP contribution in [0, 0.1) is 0 Å². The van der Waals surface area contributed by atoms with E-state index in [9.17, 15) is 13.5 Å². The molecule has 0 spiro atoms. The number of halogens is 1. The molecule has 0 aromatic heterocycles. The highest BCUT2D eigenvalue weighted by Crippen LogP contribution is 2.24. The van der Waals surface area contributed by atoms with E-state index >= 15 is 0 Å². The molecule has 9 heteroatoms. The van der Waals surface area contributed by atoms with E-state index in [2.05, 4.69) is 41.1 Å². The van der Waals surface area contributed by atoms with E-state index in [1.165, 1.54) is 5.56 Å². The van der Waals surface area contributed by atoms with Crippen molar-refractivity contribution in [2.45, 2.75) is 45.8 Å². The van der Waals surface area contributed by atoms with Gasteiger partial charge in [-0.2, -0.15) is 0 Å². The standard InChI is InChI=1S/C23H34N4O3S.HI/c1-6-24-22(25-15-18-9-7-8-10-20(18)27-31(5,29)30)26-16-21(28)17-11-13-19(14-12-17)23(2,3)4;/h7-14,21,27-28H,6,15-16H2,1-5H3,(H2,24,25,26);1H. The number of nitrogens with zero attached hydrogens (tertiary/aromatic N) is 1. The zero-order chi connectivity index (χ0) is 23.1. The van der Waals surface area contributed by atoms with Gasteiger partial charge in [-0.15, -0.1) is 24.0 Å². The zero-order valence-corrected chi connectivity index (χ0v) is 22.5. The lowest BCUT2D eigenvalue weighted by Gasteiger charge is -2.20. The topological polar surface area (TPSA) is 103 Å². The zero-order valence-electron chi connectivity index (χ0n) is 19.3. The summed E-state index contributed by atoms with van der Waals surface area (Å²) in [6.45, 7) is 9.66. The Kier molecular flexibility index (Phi) is 10.9. The lowest BCUT2D eigenvalue weighted by atomic mass is 9.86. The monoisotopic (exact) mass is 574 g/mol. The number of para-hydroxylation sites is 1. The van der Waals surface area contributed by atoms with Gasteiger partial charge >= 0.3 is 0 Å². The van der Waals surface area contributed by atoms with Gasteiger partial charge in [-0.25, -0.2) is 13.4 Å². The molecule has 0 saturated carbocycles. The Balaban J connectivity index is 0.00000512. The number of benzene rings is 2. The van der Waals surface area contributed by atoms with Crippen molar-refractivity contribution in [1.29, 1.82) is 0 Å². The minimum absolute atomic E-state index is 0. The van der Waals surface area contributed by atoms with Gasteiger partial charge in [-0.3, -0.25) is 4.72 Å². The number of aliphatic hydroxyl groups is 1. The molecular weight excluding hydrogens is 539 g/mol. The summed E-state index contributed by atoms with van der Waals surface area (Å²) >= 11 is 0. The maximum Gasteiger partial charge on any atom is 0.229 e. The fourth-order valence-electron chi connectivity index (χ4n) is 2.98. The van der Waals surface area contributed by atoms with E-state index in [-0.39, 0.29) is 35.9 Å². The molecule has 32 heavy (non-hydrogen) atoms. The minimum atomic E-state index is -3.38. The van der Waals surface area contributed by atoms with Gasteiger partial charge in [0, 0.05) is 13.1 Å². The summed E-state index contributed by atoms with van der Waals surface area (Å²) in [5.74, 6) is 0.544. The normalized spacial score (nSPS) is 13.1. The number of guanidine groups is 1. The van der Waals surface area contributed by atoms with E-state index in [1.807, 2.05) is 43.3 Å². The lowest BCUT2D eigenvalue weighted by Crippen LogP contribution is -2.39. The lowest BCUT2D eigenvalue weighted by molar-refractivity contribution is 0.181. The Morgan fingerprint density at radius 3 is 2.25 bits per heavy atom. The van der Waals surface area contributed by atoms with E-state index < -0.39 is 16.1 Å². The second-order valence-corrected chi connectivity index (χ2v) is 10.2. The number of hydrogen-bond acceptors (Lipinski definition) is 4. The molecule has 0 radical (unpaired) electrons. The largest absolute Gasteiger partial charge is 0.387 e. The SMILES string of the molecule is CCNC(=NCc1ccccc1NS(C)(=O)=O)NCC(O)c1ccc(C(C)(C)C)cc1.I. The van der Waals surface area contributed by atoms with Crippen LogP contribution >= 0.6 is 24.0 Å². The second kappa shape index (κ2) is 12.4. The maximum atomic E-state index is 11.6. The third kappa shape index (κ3) is 9.33. The van der Waals surface area contributed by atoms with Gasteiger partial charge in [0.15, 0.2) is 5.96 Å². The van der Waals surface area contributed by atoms with Crippen molar-refractivity contribution in [2.75, 3.05) is 24.1 Å². The molecule has 1 unspecified atom stereocenters. The first-order valence-corrected chi connectivity index (χ1v) is 12.2. The Morgan fingerprint density at radius 2 is 1.69 bits per heavy atom. The molecule has 1 atom stereocenters. The predicted molar refractivity (Wildman–Crippen MR) is 143 cm³/mol. The van der Waals surface area contributed by atoms with Crippen LogP contribution in [0.25, 0.3) is 0 Å². The van der Waals surface area contributed by atoms with Crippen LogP contribution in [-0.4, -0.2) is 38.8 Å². The molecule has 178 valence electrons. The first-order chi connectivity index (χ1) is 14.5. The van der Waals surface area contributed by atoms with Crippen molar-refractivity contribution in [1.82, 2.24) is 10.6 Å². The van der Waals surface area contributed by atoms with Crippen LogP contribution in [-0.2, 0) is 22.0 Å². The summed E-state index contributed by atoms with van der Waals surface area (Å²) in [5, 5.41) is 16.9. The van der Waals surface area contributed by atoms with Crippen LogP contribution in [0.4, 0.5) is 5.69 Å². The maximum absolute atomic E-state index is 11.6. The van der Waals surface area contributed by atoms with Gasteiger partial charge in [0.25, 0.3) is 0 Å². The summed E-state index contributed by atoms with van der Waals surface area (Å²) in [4.78, 5) is 4.53. The molecule has 0 aliphatic rings. The third-order valence-corrected chi connectivity index (χ3v) is 5.28. The van der Waals surface area contributed by atoms with Crippen LogP contribution in [0.2, 0.25) is 0 Å². The molecule has 0 amide bonds. The molecule has 4 N–H and O–H groups in total. The number of rotatable bonds is 8. The van der Waals surface area contributed by atoms with Crippen LogP contribution in [0.15, 0.2) is 53.5 Å². The van der Waals surface area contributed by atoms with Crippen molar-refractivity contribution in [3.05, 3.63) is 65.2 Å². The number of nitrogens with one attached hydrogen (secondary N) is 3. The Morgan fingerprint density at radius 1 is 1.06 bits per heavy atom. The summed E-state index contributed by atoms with van der Waals surface area (Å²) in [6, 6.07) is 15.1. The highest BCUT2D eigenvalue weighted by Gasteiger charge is 2.15. The Bertz CT molecular complexity index is 987. The molecule has 0 aliphatic carbocycles. The van der Waals surface area contributed by atoms with Gasteiger partial charge in [0.1, 0.15) is 0 Å². The molecule has 0 saturated heterocycles. The van der Waals surface area contributed by atoms with Crippen LogP contribution < -0.4 is 15.4 Å². The second-order valence-electron chi connectivity index (χ2n) is 8.50. The Labute approximate surface area is 209 Å².